The minimum Gasteiger partial charge on any atom is -0.309 e. The van der Waals surface area contributed by atoms with Gasteiger partial charge in [0.05, 0.1) is 11.0 Å². The largest absolute Gasteiger partial charge is 0.309 e. The summed E-state index contributed by atoms with van der Waals surface area (Å²) < 4.78 is 2.45. The van der Waals surface area contributed by atoms with Crippen LogP contribution < -0.4 is 0 Å². The van der Waals surface area contributed by atoms with Crippen LogP contribution in [0.25, 0.3) is 60.9 Å². The number of aromatic nitrogens is 1. The molecule has 1 heteroatoms. The smallest absolute Gasteiger partial charge is 0.0541 e. The zero-order valence-corrected chi connectivity index (χ0v) is 26.7. The fourth-order valence-corrected chi connectivity index (χ4v) is 7.83. The number of hydrogen-bond acceptors (Lipinski definition) is 0. The molecular formula is C46H35N. The Labute approximate surface area is 276 Å². The van der Waals surface area contributed by atoms with Crippen molar-refractivity contribution in [2.24, 2.45) is 0 Å². The summed E-state index contributed by atoms with van der Waals surface area (Å²) in [5.41, 5.74) is 16.7. The van der Waals surface area contributed by atoms with Crippen molar-refractivity contribution >= 4 is 21.8 Å². The molecule has 0 saturated carbocycles. The second-order valence-electron chi connectivity index (χ2n) is 13.4. The summed E-state index contributed by atoms with van der Waals surface area (Å²) in [5, 5.41) is 2.55. The van der Waals surface area contributed by atoms with Crippen molar-refractivity contribution in [1.82, 2.24) is 4.57 Å². The maximum absolute atomic E-state index is 2.45. The molecule has 1 aliphatic carbocycles. The maximum atomic E-state index is 2.45. The lowest BCUT2D eigenvalue weighted by molar-refractivity contribution is 0.660. The van der Waals surface area contributed by atoms with Crippen LogP contribution in [0.15, 0.2) is 164 Å². The quantitative estimate of drug-likeness (QED) is 0.185. The average Bonchev–Trinajstić information content (AvgIpc) is 3.57. The van der Waals surface area contributed by atoms with Gasteiger partial charge in [0.1, 0.15) is 0 Å². The van der Waals surface area contributed by atoms with Gasteiger partial charge in [-0.3, -0.25) is 0 Å². The molecule has 0 fully saturated rings. The molecule has 1 heterocycles. The molecule has 224 valence electrons. The Bertz CT molecular complexity index is 2460. The molecule has 0 atom stereocenters. The Balaban J connectivity index is 1.12. The number of para-hydroxylation sites is 1. The average molecular weight is 602 g/mol. The standard InChI is InChI=1S/C46H35N/c1-46(2)42-20-8-6-18-38(42)39-24-23-37(30-43(39)46)47-44-21-9-7-19-40(44)41-29-36(22-25-45(41)47)35-17-11-16-34(28-35)33-15-10-14-32(27-33)26-31-12-4-3-5-13-31/h3-25,27-30H,26H2,1-2H3. The Kier molecular flexibility index (Phi) is 6.30. The highest BCUT2D eigenvalue weighted by molar-refractivity contribution is 6.10. The van der Waals surface area contributed by atoms with Gasteiger partial charge in [0.25, 0.3) is 0 Å². The van der Waals surface area contributed by atoms with Crippen LogP contribution in [-0.2, 0) is 11.8 Å². The van der Waals surface area contributed by atoms with Gasteiger partial charge in [0.15, 0.2) is 0 Å². The molecule has 7 aromatic carbocycles. The summed E-state index contributed by atoms with van der Waals surface area (Å²) in [6.45, 7) is 4.71. The van der Waals surface area contributed by atoms with Crippen molar-refractivity contribution < 1.29 is 0 Å². The van der Waals surface area contributed by atoms with Gasteiger partial charge >= 0.3 is 0 Å². The molecule has 0 saturated heterocycles. The topological polar surface area (TPSA) is 4.93 Å². The fourth-order valence-electron chi connectivity index (χ4n) is 7.83. The Morgan fingerprint density at radius 2 is 1.06 bits per heavy atom. The van der Waals surface area contributed by atoms with Crippen molar-refractivity contribution in [3.63, 3.8) is 0 Å². The highest BCUT2D eigenvalue weighted by Gasteiger charge is 2.35. The van der Waals surface area contributed by atoms with E-state index in [9.17, 15) is 0 Å². The van der Waals surface area contributed by atoms with E-state index in [0.717, 1.165) is 6.42 Å². The molecule has 0 amide bonds. The van der Waals surface area contributed by atoms with Crippen molar-refractivity contribution in [3.8, 4) is 39.1 Å². The van der Waals surface area contributed by atoms with E-state index in [4.69, 9.17) is 0 Å². The van der Waals surface area contributed by atoms with Crippen LogP contribution in [-0.4, -0.2) is 4.57 Å². The molecule has 1 aromatic heterocycles. The van der Waals surface area contributed by atoms with Crippen molar-refractivity contribution in [3.05, 3.63) is 186 Å². The highest BCUT2D eigenvalue weighted by atomic mass is 15.0. The molecule has 0 spiro atoms. The van der Waals surface area contributed by atoms with E-state index < -0.39 is 0 Å². The van der Waals surface area contributed by atoms with Crippen LogP contribution >= 0.6 is 0 Å². The summed E-state index contributed by atoms with van der Waals surface area (Å²) in [6, 6.07) is 60.4. The van der Waals surface area contributed by atoms with Gasteiger partial charge in [-0.2, -0.15) is 0 Å². The minimum absolute atomic E-state index is 0.0417. The van der Waals surface area contributed by atoms with E-state index in [1.807, 2.05) is 0 Å². The maximum Gasteiger partial charge on any atom is 0.0541 e. The third-order valence-electron chi connectivity index (χ3n) is 10.2. The lowest BCUT2D eigenvalue weighted by atomic mass is 9.82. The van der Waals surface area contributed by atoms with E-state index in [1.54, 1.807) is 0 Å². The SMILES string of the molecule is CC1(C)c2ccccc2-c2ccc(-n3c4ccccc4c4cc(-c5cccc(-c6cccc(Cc7ccccc7)c6)c5)ccc43)cc21. The molecule has 0 radical (unpaired) electrons. The molecule has 8 aromatic rings. The molecule has 0 aliphatic heterocycles. The number of fused-ring (bicyclic) bond motifs is 6. The van der Waals surface area contributed by atoms with E-state index in [2.05, 4.69) is 182 Å². The van der Waals surface area contributed by atoms with Gasteiger partial charge in [-0.25, -0.2) is 0 Å². The predicted octanol–water partition coefficient (Wildman–Crippen LogP) is 12.0. The number of benzene rings is 7. The summed E-state index contributed by atoms with van der Waals surface area (Å²) in [4.78, 5) is 0. The number of nitrogens with zero attached hydrogens (tertiary/aromatic N) is 1. The molecule has 1 nitrogen and oxygen atoms in total. The zero-order chi connectivity index (χ0) is 31.5. The van der Waals surface area contributed by atoms with E-state index in [-0.39, 0.29) is 5.41 Å². The number of rotatable bonds is 5. The van der Waals surface area contributed by atoms with Gasteiger partial charge < -0.3 is 4.57 Å². The number of hydrogen-bond donors (Lipinski definition) is 0. The Morgan fingerprint density at radius 1 is 0.426 bits per heavy atom. The van der Waals surface area contributed by atoms with Crippen LogP contribution in [0.5, 0.6) is 0 Å². The second kappa shape index (κ2) is 10.7. The molecule has 0 unspecified atom stereocenters. The molecule has 0 N–H and O–H groups in total. The van der Waals surface area contributed by atoms with Crippen LogP contribution in [0, 0.1) is 0 Å². The third kappa shape index (κ3) is 4.54. The van der Waals surface area contributed by atoms with E-state index in [1.165, 1.54) is 83.1 Å². The molecule has 9 rings (SSSR count). The van der Waals surface area contributed by atoms with Gasteiger partial charge in [-0.15, -0.1) is 0 Å². The van der Waals surface area contributed by atoms with Crippen LogP contribution in [0.1, 0.15) is 36.1 Å². The van der Waals surface area contributed by atoms with Crippen LogP contribution in [0.2, 0.25) is 0 Å². The normalized spacial score (nSPS) is 13.1. The molecule has 47 heavy (non-hydrogen) atoms. The van der Waals surface area contributed by atoms with Crippen LogP contribution in [0.4, 0.5) is 0 Å². The van der Waals surface area contributed by atoms with Gasteiger partial charge in [-0.05, 0) is 98.5 Å². The summed E-state index contributed by atoms with van der Waals surface area (Å²) in [5.74, 6) is 0. The van der Waals surface area contributed by atoms with Crippen molar-refractivity contribution in [2.45, 2.75) is 25.7 Å². The van der Waals surface area contributed by atoms with E-state index in [0.29, 0.717) is 0 Å². The van der Waals surface area contributed by atoms with Crippen LogP contribution in [0.3, 0.4) is 0 Å². The zero-order valence-electron chi connectivity index (χ0n) is 26.7. The highest BCUT2D eigenvalue weighted by Crippen LogP contribution is 2.49. The molecule has 1 aliphatic rings. The van der Waals surface area contributed by atoms with Gasteiger partial charge in [-0.1, -0.05) is 141 Å². The summed E-state index contributed by atoms with van der Waals surface area (Å²) in [7, 11) is 0. The van der Waals surface area contributed by atoms with Crippen molar-refractivity contribution in [1.29, 1.82) is 0 Å². The summed E-state index contributed by atoms with van der Waals surface area (Å²) in [6.07, 6.45) is 0.934. The van der Waals surface area contributed by atoms with Crippen molar-refractivity contribution in [2.75, 3.05) is 0 Å². The Morgan fingerprint density at radius 3 is 1.91 bits per heavy atom. The first-order valence-corrected chi connectivity index (χ1v) is 16.6. The third-order valence-corrected chi connectivity index (χ3v) is 10.2. The minimum atomic E-state index is -0.0417. The monoisotopic (exact) mass is 601 g/mol. The first-order chi connectivity index (χ1) is 23.0. The fraction of sp³-hybridized carbons (Fsp3) is 0.0870. The second-order valence-corrected chi connectivity index (χ2v) is 13.4. The van der Waals surface area contributed by atoms with Gasteiger partial charge in [0, 0.05) is 21.9 Å². The lowest BCUT2D eigenvalue weighted by Gasteiger charge is -2.22. The summed E-state index contributed by atoms with van der Waals surface area (Å²) >= 11 is 0. The Hall–Kier alpha value is -5.66. The first kappa shape index (κ1) is 27.6. The molecular weight excluding hydrogens is 567 g/mol. The molecule has 0 bridgehead atoms. The lowest BCUT2D eigenvalue weighted by Crippen LogP contribution is -2.15. The van der Waals surface area contributed by atoms with E-state index >= 15 is 0 Å². The first-order valence-electron chi connectivity index (χ1n) is 16.6. The predicted molar refractivity (Wildman–Crippen MR) is 198 cm³/mol. The van der Waals surface area contributed by atoms with Gasteiger partial charge in [0.2, 0.25) is 0 Å².